The van der Waals surface area contributed by atoms with Crippen LogP contribution in [0, 0.1) is 5.92 Å². The van der Waals surface area contributed by atoms with E-state index in [1.165, 1.54) is 0 Å². The summed E-state index contributed by atoms with van der Waals surface area (Å²) in [5.41, 5.74) is 1.97. The highest BCUT2D eigenvalue weighted by molar-refractivity contribution is 9.09. The predicted octanol–water partition coefficient (Wildman–Crippen LogP) is 5.38. The van der Waals surface area contributed by atoms with E-state index < -0.39 is 8.32 Å². The van der Waals surface area contributed by atoms with Crippen LogP contribution in [0.15, 0.2) is 12.7 Å². The van der Waals surface area contributed by atoms with Gasteiger partial charge in [0.2, 0.25) is 0 Å². The smallest absolute Gasteiger partial charge is 0.200 e. The van der Waals surface area contributed by atoms with Gasteiger partial charge in [-0.1, -0.05) is 63.5 Å². The van der Waals surface area contributed by atoms with Gasteiger partial charge in [0, 0.05) is 17.9 Å². The lowest BCUT2D eigenvalue weighted by atomic mass is 10.2. The molecule has 0 rings (SSSR count). The fourth-order valence-corrected chi connectivity index (χ4v) is 8.88. The highest BCUT2D eigenvalue weighted by Crippen LogP contribution is 2.42. The Balaban J connectivity index is 4.87. The third kappa shape index (κ3) is 4.21. The van der Waals surface area contributed by atoms with Crippen molar-refractivity contribution in [2.75, 3.05) is 11.9 Å². The number of hydrogen-bond donors (Lipinski definition) is 0. The molecule has 0 bridgehead atoms. The molecule has 0 aliphatic heterocycles. The molecule has 0 aliphatic carbocycles. The van der Waals surface area contributed by atoms with Crippen LogP contribution in [-0.2, 0) is 4.43 Å². The van der Waals surface area contributed by atoms with Crippen LogP contribution in [-0.4, -0.2) is 20.3 Å². The number of alkyl halides is 1. The molecule has 0 aromatic rings. The summed E-state index contributed by atoms with van der Waals surface area (Å²) in [5.74, 6) is 0.429. The molecule has 0 spiro atoms. The molecule has 0 aromatic carbocycles. The molecule has 0 heterocycles. The zero-order chi connectivity index (χ0) is 13.6. The molecule has 1 atom stereocenters. The van der Waals surface area contributed by atoms with Crippen LogP contribution in [0.4, 0.5) is 0 Å². The van der Waals surface area contributed by atoms with Crippen LogP contribution in [0.25, 0.3) is 0 Å². The normalized spacial score (nSPS) is 14.7. The fraction of sp³-hybridized carbons (Fsp3) is 0.857. The molecular weight excluding hydrogens is 292 g/mol. The van der Waals surface area contributed by atoms with Crippen molar-refractivity contribution in [2.45, 2.75) is 58.2 Å². The van der Waals surface area contributed by atoms with Crippen molar-refractivity contribution in [1.82, 2.24) is 0 Å². The van der Waals surface area contributed by atoms with E-state index in [9.17, 15) is 0 Å². The molecule has 102 valence electrons. The number of hydrogen-bond acceptors (Lipinski definition) is 1. The zero-order valence-corrected chi connectivity index (χ0v) is 14.9. The zero-order valence-electron chi connectivity index (χ0n) is 12.3. The standard InChI is InChI=1S/C14H29BrOSi/c1-8-14(9-15)10-16-17(11(2)3,12(4)5)13(6)7/h8,11-14H,1,9-10H2,2-7H3/t14-/m0/s1. The largest absolute Gasteiger partial charge is 0.415 e. The van der Waals surface area contributed by atoms with Crippen LogP contribution in [0.3, 0.4) is 0 Å². The molecular formula is C14H29BrOSi. The van der Waals surface area contributed by atoms with Crippen molar-refractivity contribution in [3.63, 3.8) is 0 Å². The average Bonchev–Trinajstić information content (AvgIpc) is 2.23. The minimum atomic E-state index is -1.69. The van der Waals surface area contributed by atoms with Gasteiger partial charge in [-0.25, -0.2) is 0 Å². The van der Waals surface area contributed by atoms with E-state index in [2.05, 4.69) is 64.1 Å². The molecule has 0 fully saturated rings. The highest BCUT2D eigenvalue weighted by Gasteiger charge is 2.45. The van der Waals surface area contributed by atoms with Gasteiger partial charge in [-0.3, -0.25) is 0 Å². The second-order valence-corrected chi connectivity index (χ2v) is 11.9. The van der Waals surface area contributed by atoms with E-state index in [0.29, 0.717) is 22.5 Å². The Bertz CT molecular complexity index is 204. The number of rotatable bonds is 8. The minimum Gasteiger partial charge on any atom is -0.415 e. The summed E-state index contributed by atoms with van der Waals surface area (Å²) < 4.78 is 6.50. The van der Waals surface area contributed by atoms with Crippen molar-refractivity contribution in [3.05, 3.63) is 12.7 Å². The van der Waals surface area contributed by atoms with Crippen molar-refractivity contribution in [2.24, 2.45) is 5.92 Å². The van der Waals surface area contributed by atoms with Gasteiger partial charge in [-0.2, -0.15) is 0 Å². The Hall–Kier alpha value is 0.397. The predicted molar refractivity (Wildman–Crippen MR) is 84.5 cm³/mol. The summed E-state index contributed by atoms with van der Waals surface area (Å²) in [6.45, 7) is 18.6. The Morgan fingerprint density at radius 1 is 1.06 bits per heavy atom. The van der Waals surface area contributed by atoms with Crippen LogP contribution < -0.4 is 0 Å². The molecule has 0 unspecified atom stereocenters. The van der Waals surface area contributed by atoms with Gasteiger partial charge in [-0.15, -0.1) is 6.58 Å². The topological polar surface area (TPSA) is 9.23 Å². The van der Waals surface area contributed by atoms with Gasteiger partial charge in [0.25, 0.3) is 0 Å². The van der Waals surface area contributed by atoms with Gasteiger partial charge >= 0.3 is 0 Å². The lowest BCUT2D eigenvalue weighted by Crippen LogP contribution is -2.48. The summed E-state index contributed by atoms with van der Waals surface area (Å²) in [4.78, 5) is 0. The van der Waals surface area contributed by atoms with Gasteiger partial charge in [0.1, 0.15) is 0 Å². The monoisotopic (exact) mass is 320 g/mol. The number of halogens is 1. The SMILES string of the molecule is C=C[C@@H](CBr)CO[Si](C(C)C)(C(C)C)C(C)C. The van der Waals surface area contributed by atoms with Gasteiger partial charge in [0.05, 0.1) is 0 Å². The average molecular weight is 321 g/mol. The summed E-state index contributed by atoms with van der Waals surface area (Å²) in [6.07, 6.45) is 1.99. The van der Waals surface area contributed by atoms with E-state index in [1.54, 1.807) is 0 Å². The third-order valence-corrected chi connectivity index (χ3v) is 10.7. The van der Waals surface area contributed by atoms with Gasteiger partial charge < -0.3 is 4.43 Å². The maximum atomic E-state index is 6.50. The molecule has 0 amide bonds. The van der Waals surface area contributed by atoms with E-state index in [-0.39, 0.29) is 0 Å². The Kier molecular flexibility index (Phi) is 7.93. The Labute approximate surface area is 117 Å². The first-order valence-corrected chi connectivity index (χ1v) is 9.91. The molecule has 1 nitrogen and oxygen atoms in total. The molecule has 0 aromatic heterocycles. The summed E-state index contributed by atoms with van der Waals surface area (Å²) in [5, 5.41) is 0.940. The van der Waals surface area contributed by atoms with Crippen LogP contribution >= 0.6 is 15.9 Å². The quantitative estimate of drug-likeness (QED) is 0.331. The van der Waals surface area contributed by atoms with Crippen LogP contribution in [0.5, 0.6) is 0 Å². The summed E-state index contributed by atoms with van der Waals surface area (Å²) in [7, 11) is -1.69. The van der Waals surface area contributed by atoms with E-state index in [4.69, 9.17) is 4.43 Å². The molecule has 0 radical (unpaired) electrons. The van der Waals surface area contributed by atoms with E-state index in [1.807, 2.05) is 6.08 Å². The van der Waals surface area contributed by atoms with Crippen molar-refractivity contribution < 1.29 is 4.43 Å². The molecule has 0 N–H and O–H groups in total. The first-order chi connectivity index (χ1) is 7.82. The Morgan fingerprint density at radius 3 is 1.71 bits per heavy atom. The van der Waals surface area contributed by atoms with Crippen LogP contribution in [0.1, 0.15) is 41.5 Å². The second-order valence-electron chi connectivity index (χ2n) is 5.78. The lowest BCUT2D eigenvalue weighted by Gasteiger charge is -2.42. The second kappa shape index (κ2) is 7.75. The molecule has 0 saturated carbocycles. The maximum Gasteiger partial charge on any atom is 0.200 e. The summed E-state index contributed by atoms with van der Waals surface area (Å²) in [6, 6.07) is 0. The first kappa shape index (κ1) is 17.4. The van der Waals surface area contributed by atoms with Crippen molar-refractivity contribution >= 4 is 24.2 Å². The van der Waals surface area contributed by atoms with Gasteiger partial charge in [-0.05, 0) is 16.6 Å². The van der Waals surface area contributed by atoms with Crippen molar-refractivity contribution in [3.8, 4) is 0 Å². The van der Waals surface area contributed by atoms with Crippen molar-refractivity contribution in [1.29, 1.82) is 0 Å². The summed E-state index contributed by atoms with van der Waals surface area (Å²) >= 11 is 3.52. The first-order valence-electron chi connectivity index (χ1n) is 6.65. The molecule has 0 aliphatic rings. The molecule has 3 heteroatoms. The lowest BCUT2D eigenvalue weighted by molar-refractivity contribution is 0.252. The van der Waals surface area contributed by atoms with Crippen LogP contribution in [0.2, 0.25) is 16.6 Å². The van der Waals surface area contributed by atoms with E-state index in [0.717, 1.165) is 11.9 Å². The highest BCUT2D eigenvalue weighted by atomic mass is 79.9. The maximum absolute atomic E-state index is 6.50. The fourth-order valence-electron chi connectivity index (χ4n) is 2.93. The van der Waals surface area contributed by atoms with Gasteiger partial charge in [0.15, 0.2) is 8.32 Å². The minimum absolute atomic E-state index is 0.429. The third-order valence-electron chi connectivity index (χ3n) is 3.79. The molecule has 17 heavy (non-hydrogen) atoms. The van der Waals surface area contributed by atoms with E-state index >= 15 is 0 Å². The Morgan fingerprint density at radius 2 is 1.47 bits per heavy atom. The molecule has 0 saturated heterocycles.